The van der Waals surface area contributed by atoms with E-state index in [9.17, 15) is 0 Å². The molecule has 2 nitrogen and oxygen atoms in total. The molecule has 2 heteroatoms. The van der Waals surface area contributed by atoms with Gasteiger partial charge in [0.1, 0.15) is 0 Å². The summed E-state index contributed by atoms with van der Waals surface area (Å²) in [6.45, 7) is 6.46. The van der Waals surface area contributed by atoms with Crippen LogP contribution in [0.5, 0.6) is 0 Å². The van der Waals surface area contributed by atoms with Gasteiger partial charge >= 0.3 is 0 Å². The van der Waals surface area contributed by atoms with Gasteiger partial charge in [-0.25, -0.2) is 0 Å². The molecule has 1 aromatic rings. The van der Waals surface area contributed by atoms with Gasteiger partial charge in [0.15, 0.2) is 0 Å². The van der Waals surface area contributed by atoms with Crippen molar-refractivity contribution in [1.29, 1.82) is 0 Å². The number of hydrogen-bond acceptors (Lipinski definition) is 2. The number of nitrogens with two attached hydrogens (primary N) is 1. The summed E-state index contributed by atoms with van der Waals surface area (Å²) in [6, 6.07) is 6.60. The second-order valence-electron chi connectivity index (χ2n) is 4.45. The molecule has 1 aliphatic rings. The Hall–Kier alpha value is -0.860. The molecule has 0 amide bonds. The number of rotatable bonds is 3. The lowest BCUT2D eigenvalue weighted by Gasteiger charge is -2.16. The van der Waals surface area contributed by atoms with Gasteiger partial charge in [0.05, 0.1) is 0 Å². The molecular formula is C13H20N2. The first-order valence-electron chi connectivity index (χ1n) is 5.80. The summed E-state index contributed by atoms with van der Waals surface area (Å²) < 4.78 is 0. The smallest absolute Gasteiger partial charge is 0.0236 e. The fourth-order valence-corrected chi connectivity index (χ4v) is 2.24. The van der Waals surface area contributed by atoms with Gasteiger partial charge in [-0.1, -0.05) is 18.2 Å². The van der Waals surface area contributed by atoms with E-state index in [1.165, 1.54) is 42.6 Å². The van der Waals surface area contributed by atoms with E-state index in [0.29, 0.717) is 6.54 Å². The Morgan fingerprint density at radius 1 is 1.27 bits per heavy atom. The number of nitrogens with zero attached hydrogens (tertiary/aromatic N) is 1. The summed E-state index contributed by atoms with van der Waals surface area (Å²) in [7, 11) is 0. The lowest BCUT2D eigenvalue weighted by molar-refractivity contribution is 0.330. The normalized spacial score (nSPS) is 17.2. The van der Waals surface area contributed by atoms with Gasteiger partial charge in [0.2, 0.25) is 0 Å². The molecule has 0 saturated carbocycles. The van der Waals surface area contributed by atoms with Gasteiger partial charge < -0.3 is 5.73 Å². The molecule has 1 heterocycles. The monoisotopic (exact) mass is 204 g/mol. The van der Waals surface area contributed by atoms with Crippen LogP contribution in [0.4, 0.5) is 0 Å². The number of hydrogen-bond donors (Lipinski definition) is 1. The molecule has 0 unspecified atom stereocenters. The number of aryl methyl sites for hydroxylation is 1. The van der Waals surface area contributed by atoms with Gasteiger partial charge in [-0.2, -0.15) is 0 Å². The molecule has 2 N–H and O–H groups in total. The van der Waals surface area contributed by atoms with Crippen molar-refractivity contribution in [3.63, 3.8) is 0 Å². The van der Waals surface area contributed by atoms with Crippen molar-refractivity contribution in [2.24, 2.45) is 5.73 Å². The average molecular weight is 204 g/mol. The summed E-state index contributed by atoms with van der Waals surface area (Å²) in [4.78, 5) is 2.53. The number of benzene rings is 1. The molecule has 1 aliphatic heterocycles. The van der Waals surface area contributed by atoms with Crippen molar-refractivity contribution >= 4 is 0 Å². The average Bonchev–Trinajstić information content (AvgIpc) is 2.74. The van der Waals surface area contributed by atoms with Crippen LogP contribution in [-0.4, -0.2) is 18.0 Å². The topological polar surface area (TPSA) is 29.3 Å². The zero-order valence-electron chi connectivity index (χ0n) is 9.50. The van der Waals surface area contributed by atoms with Crippen LogP contribution in [0.15, 0.2) is 18.2 Å². The maximum absolute atomic E-state index is 5.62. The van der Waals surface area contributed by atoms with Crippen LogP contribution < -0.4 is 5.73 Å². The lowest BCUT2D eigenvalue weighted by atomic mass is 10.0. The highest BCUT2D eigenvalue weighted by Crippen LogP contribution is 2.16. The minimum absolute atomic E-state index is 0.644. The van der Waals surface area contributed by atoms with Crippen LogP contribution in [0.3, 0.4) is 0 Å². The van der Waals surface area contributed by atoms with Crippen molar-refractivity contribution in [2.75, 3.05) is 13.1 Å². The molecule has 1 saturated heterocycles. The van der Waals surface area contributed by atoms with Gasteiger partial charge in [-0.15, -0.1) is 0 Å². The molecule has 2 rings (SSSR count). The second kappa shape index (κ2) is 4.77. The van der Waals surface area contributed by atoms with Crippen molar-refractivity contribution < 1.29 is 0 Å². The quantitative estimate of drug-likeness (QED) is 0.816. The van der Waals surface area contributed by atoms with Crippen molar-refractivity contribution in [3.05, 3.63) is 34.9 Å². The second-order valence-corrected chi connectivity index (χ2v) is 4.45. The number of likely N-dealkylation sites (tertiary alicyclic amines) is 1. The van der Waals surface area contributed by atoms with Crippen LogP contribution >= 0.6 is 0 Å². The summed E-state index contributed by atoms with van der Waals surface area (Å²) >= 11 is 0. The van der Waals surface area contributed by atoms with Crippen molar-refractivity contribution in [1.82, 2.24) is 4.90 Å². The van der Waals surface area contributed by atoms with Crippen LogP contribution in [0.25, 0.3) is 0 Å². The highest BCUT2D eigenvalue weighted by Gasteiger charge is 2.12. The molecule has 0 spiro atoms. The van der Waals surface area contributed by atoms with E-state index in [2.05, 4.69) is 30.0 Å². The summed E-state index contributed by atoms with van der Waals surface area (Å²) in [5, 5.41) is 0. The predicted octanol–water partition coefficient (Wildman–Crippen LogP) is 2.05. The summed E-state index contributed by atoms with van der Waals surface area (Å²) in [6.07, 6.45) is 2.72. The molecule has 0 aromatic heterocycles. The first-order valence-corrected chi connectivity index (χ1v) is 5.80. The molecular weight excluding hydrogens is 184 g/mol. The van der Waals surface area contributed by atoms with Crippen LogP contribution in [0.2, 0.25) is 0 Å². The lowest BCUT2D eigenvalue weighted by Crippen LogP contribution is -2.19. The first kappa shape index (κ1) is 10.7. The fourth-order valence-electron chi connectivity index (χ4n) is 2.24. The zero-order valence-corrected chi connectivity index (χ0v) is 9.50. The molecule has 15 heavy (non-hydrogen) atoms. The third-order valence-electron chi connectivity index (χ3n) is 3.24. The third-order valence-corrected chi connectivity index (χ3v) is 3.24. The van der Waals surface area contributed by atoms with Crippen LogP contribution in [-0.2, 0) is 13.1 Å². The predicted molar refractivity (Wildman–Crippen MR) is 63.6 cm³/mol. The van der Waals surface area contributed by atoms with Crippen LogP contribution in [0.1, 0.15) is 29.5 Å². The Labute approximate surface area is 92.1 Å². The molecule has 0 atom stereocenters. The Kier molecular flexibility index (Phi) is 3.39. The molecule has 82 valence electrons. The largest absolute Gasteiger partial charge is 0.326 e. The van der Waals surface area contributed by atoms with Crippen molar-refractivity contribution in [2.45, 2.75) is 32.9 Å². The third kappa shape index (κ3) is 2.58. The summed E-state index contributed by atoms with van der Waals surface area (Å²) in [5.41, 5.74) is 9.69. The summed E-state index contributed by atoms with van der Waals surface area (Å²) in [5.74, 6) is 0. The van der Waals surface area contributed by atoms with Gasteiger partial charge in [0, 0.05) is 13.1 Å². The van der Waals surface area contributed by atoms with E-state index < -0.39 is 0 Å². The maximum atomic E-state index is 5.62. The fraction of sp³-hybridized carbons (Fsp3) is 0.538. The zero-order chi connectivity index (χ0) is 10.7. The van der Waals surface area contributed by atoms with E-state index in [-0.39, 0.29) is 0 Å². The first-order chi connectivity index (χ1) is 7.29. The molecule has 0 radical (unpaired) electrons. The molecule has 1 fully saturated rings. The minimum atomic E-state index is 0.644. The Morgan fingerprint density at radius 2 is 2.00 bits per heavy atom. The highest BCUT2D eigenvalue weighted by atomic mass is 15.1. The standard InChI is InChI=1S/C13H20N2/c1-11-8-12(9-14)4-5-13(11)10-15-6-2-3-7-15/h4-5,8H,2-3,6-7,9-10,14H2,1H3. The van der Waals surface area contributed by atoms with E-state index in [1.54, 1.807) is 0 Å². The van der Waals surface area contributed by atoms with Crippen molar-refractivity contribution in [3.8, 4) is 0 Å². The Bertz CT molecular complexity index is 327. The minimum Gasteiger partial charge on any atom is -0.326 e. The van der Waals surface area contributed by atoms with E-state index in [0.717, 1.165) is 6.54 Å². The molecule has 1 aromatic carbocycles. The van der Waals surface area contributed by atoms with Gasteiger partial charge in [0.25, 0.3) is 0 Å². The molecule has 0 aliphatic carbocycles. The molecule has 0 bridgehead atoms. The Morgan fingerprint density at radius 3 is 2.60 bits per heavy atom. The SMILES string of the molecule is Cc1cc(CN)ccc1CN1CCCC1. The van der Waals surface area contributed by atoms with E-state index in [1.807, 2.05) is 0 Å². The van der Waals surface area contributed by atoms with Gasteiger partial charge in [-0.05, 0) is 49.5 Å². The maximum Gasteiger partial charge on any atom is 0.0236 e. The highest BCUT2D eigenvalue weighted by molar-refractivity contribution is 5.31. The Balaban J connectivity index is 2.07. The van der Waals surface area contributed by atoms with Gasteiger partial charge in [-0.3, -0.25) is 4.90 Å². The van der Waals surface area contributed by atoms with Crippen LogP contribution in [0, 0.1) is 6.92 Å². The van der Waals surface area contributed by atoms with E-state index in [4.69, 9.17) is 5.73 Å². The van der Waals surface area contributed by atoms with E-state index >= 15 is 0 Å².